The number of hydrogen-bond donors (Lipinski definition) is 4. The minimum Gasteiger partial charge on any atom is -0.396 e. The lowest BCUT2D eigenvalue weighted by Gasteiger charge is -2.34. The van der Waals surface area contributed by atoms with Crippen molar-refractivity contribution in [3.05, 3.63) is 11.5 Å². The topological polar surface area (TPSA) is 130 Å². The zero-order valence-electron chi connectivity index (χ0n) is 12.0. The van der Waals surface area contributed by atoms with Gasteiger partial charge in [-0.05, 0) is 12.0 Å². The van der Waals surface area contributed by atoms with Crippen LogP contribution in [0.4, 0.5) is 5.95 Å². The van der Waals surface area contributed by atoms with Gasteiger partial charge in [-0.2, -0.15) is 9.97 Å². The number of nitrogens with zero attached hydrogens (tertiary/aromatic N) is 4. The van der Waals surface area contributed by atoms with Gasteiger partial charge in [-0.25, -0.2) is 4.98 Å². The van der Waals surface area contributed by atoms with Crippen LogP contribution in [0.2, 0.25) is 10.7 Å². The zero-order chi connectivity index (χ0) is 16.1. The maximum absolute atomic E-state index is 10.9. The van der Waals surface area contributed by atoms with Crippen molar-refractivity contribution in [2.45, 2.75) is 23.6 Å². The molecule has 0 saturated heterocycles. The summed E-state index contributed by atoms with van der Waals surface area (Å²) in [5.74, 6) is -0.354. The molecule has 120 valence electrons. The summed E-state index contributed by atoms with van der Waals surface area (Å²) in [6.45, 7) is -0.623. The molecule has 2 aromatic heterocycles. The molecule has 0 aliphatic heterocycles. The molecule has 0 radical (unpaired) electrons. The van der Waals surface area contributed by atoms with Crippen molar-refractivity contribution in [3.63, 3.8) is 0 Å². The Morgan fingerprint density at radius 3 is 2.82 bits per heavy atom. The molecular weight excluding hydrogens is 326 g/mol. The third-order valence-electron chi connectivity index (χ3n) is 4.68. The molecule has 0 unspecified atom stereocenters. The predicted molar refractivity (Wildman–Crippen MR) is 84.7 cm³/mol. The van der Waals surface area contributed by atoms with Gasteiger partial charge in [0.1, 0.15) is 11.1 Å². The SMILES string of the molecule is Nc1nc(Cl)c2ncn([C@H]3C[C@H]([SiH3])[C@@H](CO)[C@@]3(O)CO)c2n1. The van der Waals surface area contributed by atoms with E-state index in [-0.39, 0.29) is 29.2 Å². The number of imidazole rings is 1. The molecule has 22 heavy (non-hydrogen) atoms. The molecule has 4 atom stereocenters. The van der Waals surface area contributed by atoms with E-state index in [1.807, 2.05) is 0 Å². The number of halogens is 1. The van der Waals surface area contributed by atoms with E-state index in [2.05, 4.69) is 15.0 Å². The van der Waals surface area contributed by atoms with Crippen molar-refractivity contribution in [2.75, 3.05) is 18.9 Å². The van der Waals surface area contributed by atoms with Gasteiger partial charge < -0.3 is 25.6 Å². The number of anilines is 1. The van der Waals surface area contributed by atoms with Gasteiger partial charge in [-0.15, -0.1) is 0 Å². The van der Waals surface area contributed by atoms with Crippen LogP contribution in [-0.2, 0) is 0 Å². The van der Waals surface area contributed by atoms with Crippen molar-refractivity contribution < 1.29 is 15.3 Å². The monoisotopic (exact) mass is 343 g/mol. The van der Waals surface area contributed by atoms with E-state index in [1.165, 1.54) is 6.33 Å². The first-order valence-corrected chi connectivity index (χ1v) is 8.55. The van der Waals surface area contributed by atoms with Crippen molar-refractivity contribution in [1.29, 1.82) is 0 Å². The van der Waals surface area contributed by atoms with Crippen LogP contribution in [-0.4, -0.2) is 63.9 Å². The van der Waals surface area contributed by atoms with Crippen molar-refractivity contribution in [1.82, 2.24) is 19.5 Å². The van der Waals surface area contributed by atoms with Crippen LogP contribution in [0.3, 0.4) is 0 Å². The highest BCUT2D eigenvalue weighted by molar-refractivity contribution is 6.33. The predicted octanol–water partition coefficient (Wildman–Crippen LogP) is -1.51. The molecule has 0 bridgehead atoms. The largest absolute Gasteiger partial charge is 0.396 e. The van der Waals surface area contributed by atoms with E-state index in [1.54, 1.807) is 4.57 Å². The highest BCUT2D eigenvalue weighted by Crippen LogP contribution is 2.49. The molecule has 0 spiro atoms. The minimum atomic E-state index is -1.43. The van der Waals surface area contributed by atoms with Crippen LogP contribution >= 0.6 is 11.6 Å². The first kappa shape index (κ1) is 15.6. The molecule has 1 aliphatic carbocycles. The lowest BCUT2D eigenvalue weighted by Crippen LogP contribution is -2.46. The van der Waals surface area contributed by atoms with Gasteiger partial charge in [-0.1, -0.05) is 11.6 Å². The number of aliphatic hydroxyl groups excluding tert-OH is 2. The molecule has 10 heteroatoms. The van der Waals surface area contributed by atoms with E-state index < -0.39 is 18.2 Å². The molecule has 3 rings (SSSR count). The lowest BCUT2D eigenvalue weighted by molar-refractivity contribution is -0.0833. The molecule has 0 amide bonds. The fourth-order valence-electron chi connectivity index (χ4n) is 3.50. The van der Waals surface area contributed by atoms with Crippen LogP contribution < -0.4 is 5.73 Å². The zero-order valence-corrected chi connectivity index (χ0v) is 14.8. The summed E-state index contributed by atoms with van der Waals surface area (Å²) in [4.78, 5) is 12.2. The third kappa shape index (κ3) is 2.12. The second-order valence-corrected chi connectivity index (χ2v) is 7.71. The minimum absolute atomic E-state index is 0.0194. The van der Waals surface area contributed by atoms with E-state index in [9.17, 15) is 15.3 Å². The molecule has 5 N–H and O–H groups in total. The van der Waals surface area contributed by atoms with Gasteiger partial charge in [-0.3, -0.25) is 0 Å². The summed E-state index contributed by atoms with van der Waals surface area (Å²) >= 11 is 6.02. The van der Waals surface area contributed by atoms with Crippen LogP contribution in [0.25, 0.3) is 11.2 Å². The van der Waals surface area contributed by atoms with Gasteiger partial charge in [0.05, 0.1) is 19.0 Å². The van der Waals surface area contributed by atoms with Gasteiger partial charge in [0.2, 0.25) is 5.95 Å². The average Bonchev–Trinajstić information content (AvgIpc) is 2.98. The van der Waals surface area contributed by atoms with Gasteiger partial charge in [0, 0.05) is 22.8 Å². The number of nitrogen functional groups attached to an aromatic ring is 1. The van der Waals surface area contributed by atoms with E-state index in [4.69, 9.17) is 17.3 Å². The molecule has 0 aromatic carbocycles. The first-order valence-electron chi connectivity index (χ1n) is 7.02. The Balaban J connectivity index is 2.15. The number of aromatic nitrogens is 4. The maximum Gasteiger partial charge on any atom is 0.223 e. The fraction of sp³-hybridized carbons (Fsp3) is 0.583. The Hall–Kier alpha value is -1.26. The molecule has 1 fully saturated rings. The quantitative estimate of drug-likeness (QED) is 0.394. The summed E-state index contributed by atoms with van der Waals surface area (Å²) < 4.78 is 1.68. The maximum atomic E-state index is 10.9. The van der Waals surface area contributed by atoms with Gasteiger partial charge >= 0.3 is 0 Å². The Labute approximate surface area is 134 Å². The normalized spacial score (nSPS) is 32.1. The van der Waals surface area contributed by atoms with Gasteiger partial charge in [0.25, 0.3) is 0 Å². The third-order valence-corrected chi connectivity index (χ3v) is 6.22. The molecule has 8 nitrogen and oxygen atoms in total. The Morgan fingerprint density at radius 1 is 1.45 bits per heavy atom. The fourth-order valence-corrected chi connectivity index (χ4v) is 4.96. The summed E-state index contributed by atoms with van der Waals surface area (Å²) in [7, 11) is 0.798. The average molecular weight is 344 g/mol. The lowest BCUT2D eigenvalue weighted by atomic mass is 9.89. The first-order chi connectivity index (χ1) is 10.4. The van der Waals surface area contributed by atoms with Crippen LogP contribution in [0, 0.1) is 5.92 Å². The highest BCUT2D eigenvalue weighted by Gasteiger charge is 2.53. The van der Waals surface area contributed by atoms with Crippen LogP contribution in [0.15, 0.2) is 6.33 Å². The summed E-state index contributed by atoms with van der Waals surface area (Å²) in [5.41, 5.74) is 5.19. The molecule has 1 aliphatic rings. The number of rotatable bonds is 3. The second-order valence-electron chi connectivity index (χ2n) is 5.86. The molecule has 2 heterocycles. The Kier molecular flexibility index (Phi) is 3.85. The van der Waals surface area contributed by atoms with Crippen molar-refractivity contribution >= 4 is 39.0 Å². The second kappa shape index (κ2) is 5.43. The van der Waals surface area contributed by atoms with E-state index in [0.717, 1.165) is 10.2 Å². The van der Waals surface area contributed by atoms with Crippen molar-refractivity contribution in [2.24, 2.45) is 5.92 Å². The molecule has 1 saturated carbocycles. The standard InChI is InChI=1S/C12H18ClN5O3Si/c13-9-8-10(17-11(14)16-9)18(4-15-8)7-1-6(22)5(2-19)12(7,21)3-20/h4-7,19-21H,1-3H2,22H3,(H2,14,16,17)/t5-,6+,7+,12+/m1/s1. The molecular formula is C12H18ClN5O3Si. The summed E-state index contributed by atoms with van der Waals surface area (Å²) in [6.07, 6.45) is 2.14. The van der Waals surface area contributed by atoms with E-state index >= 15 is 0 Å². The Morgan fingerprint density at radius 2 is 2.18 bits per heavy atom. The van der Waals surface area contributed by atoms with Crippen molar-refractivity contribution in [3.8, 4) is 0 Å². The Bertz CT molecular complexity index is 713. The van der Waals surface area contributed by atoms with Crippen LogP contribution in [0.1, 0.15) is 12.5 Å². The summed E-state index contributed by atoms with van der Waals surface area (Å²) in [6, 6.07) is -0.451. The van der Waals surface area contributed by atoms with E-state index in [0.29, 0.717) is 17.6 Å². The molecule has 2 aromatic rings. The van der Waals surface area contributed by atoms with Crippen LogP contribution in [0.5, 0.6) is 0 Å². The number of fused-ring (bicyclic) bond motifs is 1. The number of hydrogen-bond acceptors (Lipinski definition) is 7. The highest BCUT2D eigenvalue weighted by atomic mass is 35.5. The summed E-state index contributed by atoms with van der Waals surface area (Å²) in [5, 5.41) is 30.4. The number of nitrogens with two attached hydrogens (primary N) is 1. The van der Waals surface area contributed by atoms with Gasteiger partial charge in [0.15, 0.2) is 10.8 Å². The number of aliphatic hydroxyl groups is 3. The smallest absolute Gasteiger partial charge is 0.223 e.